The molecule has 2 N–H and O–H groups in total. The Morgan fingerprint density at radius 3 is 2.85 bits per heavy atom. The zero-order valence-electron chi connectivity index (χ0n) is 8.04. The fourth-order valence-corrected chi connectivity index (χ4v) is 1.54. The summed E-state index contributed by atoms with van der Waals surface area (Å²) in [6.45, 7) is 1.09. The van der Waals surface area contributed by atoms with Gasteiger partial charge >= 0.3 is 0 Å². The topological polar surface area (TPSA) is 56.8 Å². The summed E-state index contributed by atoms with van der Waals surface area (Å²) in [6.07, 6.45) is 2.38. The molecule has 1 aliphatic heterocycles. The van der Waals surface area contributed by atoms with Crippen LogP contribution in [0.5, 0.6) is 0 Å². The van der Waals surface area contributed by atoms with E-state index in [-0.39, 0.29) is 0 Å². The van der Waals surface area contributed by atoms with Crippen LogP contribution in [0.1, 0.15) is 24.7 Å². The number of hydrogen-bond donors (Lipinski definition) is 2. The highest BCUT2D eigenvalue weighted by Crippen LogP contribution is 2.20. The van der Waals surface area contributed by atoms with Crippen LogP contribution < -0.4 is 10.2 Å². The lowest BCUT2D eigenvalue weighted by Gasteiger charge is -2.05. The second kappa shape index (κ2) is 3.33. The molecule has 2 heterocycles. The number of nitrogens with one attached hydrogen (secondary N) is 2. The third-order valence-electron chi connectivity index (χ3n) is 2.28. The molecule has 1 aliphatic rings. The van der Waals surface area contributed by atoms with Gasteiger partial charge in [0.2, 0.25) is 5.95 Å². The smallest absolute Gasteiger partial charge is 0.244 e. The maximum Gasteiger partial charge on any atom is 0.244 e. The summed E-state index contributed by atoms with van der Waals surface area (Å²) >= 11 is 0. The molecule has 0 spiro atoms. The Balaban J connectivity index is 2.12. The first-order chi connectivity index (χ1) is 6.27. The van der Waals surface area contributed by atoms with Crippen molar-refractivity contribution in [2.75, 3.05) is 25.5 Å². The summed E-state index contributed by atoms with van der Waals surface area (Å²) in [5.41, 5.74) is 0. The number of aromatic amines is 1. The summed E-state index contributed by atoms with van der Waals surface area (Å²) in [7, 11) is 3.88. The molecule has 72 valence electrons. The van der Waals surface area contributed by atoms with Crippen molar-refractivity contribution in [2.45, 2.75) is 18.9 Å². The van der Waals surface area contributed by atoms with Crippen LogP contribution in [0.2, 0.25) is 0 Å². The Morgan fingerprint density at radius 2 is 2.31 bits per heavy atom. The van der Waals surface area contributed by atoms with Crippen molar-refractivity contribution >= 4 is 5.95 Å². The van der Waals surface area contributed by atoms with E-state index in [0.29, 0.717) is 6.04 Å². The first kappa shape index (κ1) is 8.50. The highest BCUT2D eigenvalue weighted by Gasteiger charge is 2.19. The summed E-state index contributed by atoms with van der Waals surface area (Å²) in [6, 6.07) is 0.376. The van der Waals surface area contributed by atoms with Gasteiger partial charge in [0.15, 0.2) is 0 Å². The van der Waals surface area contributed by atoms with Gasteiger partial charge in [-0.25, -0.2) is 0 Å². The van der Waals surface area contributed by atoms with E-state index in [1.807, 2.05) is 19.0 Å². The van der Waals surface area contributed by atoms with Crippen LogP contribution in [0.3, 0.4) is 0 Å². The van der Waals surface area contributed by atoms with Crippen molar-refractivity contribution in [3.8, 4) is 0 Å². The van der Waals surface area contributed by atoms with Crippen LogP contribution in [-0.4, -0.2) is 35.8 Å². The van der Waals surface area contributed by atoms with E-state index in [9.17, 15) is 0 Å². The lowest BCUT2D eigenvalue weighted by atomic mass is 10.2. The molecule has 5 nitrogen and oxygen atoms in total. The molecule has 0 amide bonds. The molecule has 0 aromatic carbocycles. The molecule has 0 unspecified atom stereocenters. The SMILES string of the molecule is CN(C)c1n[nH]c([C@@H]2CCCN2)n1. The van der Waals surface area contributed by atoms with Crippen LogP contribution in [-0.2, 0) is 0 Å². The van der Waals surface area contributed by atoms with Gasteiger partial charge in [0.05, 0.1) is 6.04 Å². The summed E-state index contributed by atoms with van der Waals surface area (Å²) in [4.78, 5) is 6.29. The zero-order valence-corrected chi connectivity index (χ0v) is 8.04. The Kier molecular flexibility index (Phi) is 2.18. The molecule has 0 saturated carbocycles. The highest BCUT2D eigenvalue weighted by molar-refractivity contribution is 5.25. The first-order valence-corrected chi connectivity index (χ1v) is 4.60. The molecule has 1 aromatic heterocycles. The molecule has 1 aromatic rings. The Hall–Kier alpha value is -1.10. The predicted molar refractivity (Wildman–Crippen MR) is 50.7 cm³/mol. The molecular weight excluding hydrogens is 166 g/mol. The molecule has 1 saturated heterocycles. The van der Waals surface area contributed by atoms with Crippen LogP contribution in [0.4, 0.5) is 5.95 Å². The average molecular weight is 181 g/mol. The maximum atomic E-state index is 4.39. The molecule has 0 bridgehead atoms. The van der Waals surface area contributed by atoms with Gasteiger partial charge in [-0.1, -0.05) is 0 Å². The Labute approximate surface area is 77.5 Å². The van der Waals surface area contributed by atoms with Crippen LogP contribution >= 0.6 is 0 Å². The lowest BCUT2D eigenvalue weighted by Crippen LogP contribution is -2.15. The van der Waals surface area contributed by atoms with Crippen molar-refractivity contribution in [1.82, 2.24) is 20.5 Å². The fourth-order valence-electron chi connectivity index (χ4n) is 1.54. The second-order valence-corrected chi connectivity index (χ2v) is 3.56. The third kappa shape index (κ3) is 1.65. The molecule has 1 atom stereocenters. The minimum absolute atomic E-state index is 0.376. The maximum absolute atomic E-state index is 4.39. The second-order valence-electron chi connectivity index (χ2n) is 3.56. The van der Waals surface area contributed by atoms with Gasteiger partial charge < -0.3 is 10.2 Å². The Morgan fingerprint density at radius 1 is 1.46 bits per heavy atom. The zero-order chi connectivity index (χ0) is 9.26. The normalized spacial score (nSPS) is 22.2. The van der Waals surface area contributed by atoms with Gasteiger partial charge in [0.25, 0.3) is 0 Å². The van der Waals surface area contributed by atoms with Crippen LogP contribution in [0.25, 0.3) is 0 Å². The molecule has 13 heavy (non-hydrogen) atoms. The number of hydrogen-bond acceptors (Lipinski definition) is 4. The monoisotopic (exact) mass is 181 g/mol. The van der Waals surface area contributed by atoms with E-state index >= 15 is 0 Å². The minimum atomic E-state index is 0.376. The van der Waals surface area contributed by atoms with E-state index in [0.717, 1.165) is 24.7 Å². The van der Waals surface area contributed by atoms with E-state index < -0.39 is 0 Å². The van der Waals surface area contributed by atoms with Crippen molar-refractivity contribution in [1.29, 1.82) is 0 Å². The van der Waals surface area contributed by atoms with Crippen molar-refractivity contribution < 1.29 is 0 Å². The van der Waals surface area contributed by atoms with E-state index in [1.165, 1.54) is 6.42 Å². The predicted octanol–water partition coefficient (Wildman–Crippen LogP) is 0.295. The molecule has 5 heteroatoms. The summed E-state index contributed by atoms with van der Waals surface area (Å²) in [5, 5.41) is 10.4. The largest absolute Gasteiger partial charge is 0.346 e. The Bertz CT molecular complexity index is 274. The summed E-state index contributed by atoms with van der Waals surface area (Å²) < 4.78 is 0. The van der Waals surface area contributed by atoms with Crippen LogP contribution in [0.15, 0.2) is 0 Å². The van der Waals surface area contributed by atoms with Crippen LogP contribution in [0, 0.1) is 0 Å². The van der Waals surface area contributed by atoms with Gasteiger partial charge in [-0.2, -0.15) is 4.98 Å². The molecule has 0 radical (unpaired) electrons. The number of nitrogens with zero attached hydrogens (tertiary/aromatic N) is 3. The first-order valence-electron chi connectivity index (χ1n) is 4.60. The minimum Gasteiger partial charge on any atom is -0.346 e. The number of H-pyrrole nitrogens is 1. The van der Waals surface area contributed by atoms with Crippen molar-refractivity contribution in [3.63, 3.8) is 0 Å². The fraction of sp³-hybridized carbons (Fsp3) is 0.750. The number of anilines is 1. The average Bonchev–Trinajstić information content (AvgIpc) is 2.75. The summed E-state index contributed by atoms with van der Waals surface area (Å²) in [5.74, 6) is 1.71. The standard InChI is InChI=1S/C8H15N5/c1-13(2)8-10-7(11-12-8)6-4-3-5-9-6/h6,9H,3-5H2,1-2H3,(H,10,11,12)/t6-/m0/s1. The highest BCUT2D eigenvalue weighted by atomic mass is 15.3. The molecule has 1 fully saturated rings. The molecule has 0 aliphatic carbocycles. The van der Waals surface area contributed by atoms with Gasteiger partial charge in [-0.3, -0.25) is 5.10 Å². The van der Waals surface area contributed by atoms with Crippen molar-refractivity contribution in [3.05, 3.63) is 5.82 Å². The van der Waals surface area contributed by atoms with Gasteiger partial charge in [-0.15, -0.1) is 5.10 Å². The number of rotatable bonds is 2. The van der Waals surface area contributed by atoms with Gasteiger partial charge in [-0.05, 0) is 19.4 Å². The molecular formula is C8H15N5. The number of aromatic nitrogens is 3. The lowest BCUT2D eigenvalue weighted by molar-refractivity contribution is 0.608. The van der Waals surface area contributed by atoms with Gasteiger partial charge in [0.1, 0.15) is 5.82 Å². The quantitative estimate of drug-likeness (QED) is 0.688. The van der Waals surface area contributed by atoms with Crippen molar-refractivity contribution in [2.24, 2.45) is 0 Å². The van der Waals surface area contributed by atoms with E-state index in [4.69, 9.17) is 0 Å². The van der Waals surface area contributed by atoms with E-state index in [2.05, 4.69) is 20.5 Å². The van der Waals surface area contributed by atoms with Gasteiger partial charge in [0, 0.05) is 14.1 Å². The third-order valence-corrected chi connectivity index (χ3v) is 2.28. The molecule has 2 rings (SSSR count). The van der Waals surface area contributed by atoms with E-state index in [1.54, 1.807) is 0 Å².